The predicted octanol–water partition coefficient (Wildman–Crippen LogP) is 2.53. The fourth-order valence-corrected chi connectivity index (χ4v) is 3.85. The van der Waals surface area contributed by atoms with Crippen LogP contribution < -0.4 is 10.6 Å². The smallest absolute Gasteiger partial charge is 0.287 e. The molecule has 0 aliphatic heterocycles. The second kappa shape index (κ2) is 8.57. The molecule has 3 aromatic rings. The van der Waals surface area contributed by atoms with Crippen LogP contribution in [0.1, 0.15) is 33.9 Å². The van der Waals surface area contributed by atoms with Gasteiger partial charge in [0.15, 0.2) is 21.9 Å². The van der Waals surface area contributed by atoms with Crippen molar-refractivity contribution >= 4 is 40.0 Å². The van der Waals surface area contributed by atoms with Crippen LogP contribution in [0.3, 0.4) is 0 Å². The van der Waals surface area contributed by atoms with E-state index in [9.17, 15) is 9.59 Å². The van der Waals surface area contributed by atoms with Gasteiger partial charge in [0, 0.05) is 11.9 Å². The highest BCUT2D eigenvalue weighted by molar-refractivity contribution is 8.00. The summed E-state index contributed by atoms with van der Waals surface area (Å²) in [5, 5.41) is 14.5. The fourth-order valence-electron chi connectivity index (χ4n) is 2.20. The minimum Gasteiger partial charge on any atom is -0.459 e. The number of rotatable bonds is 7. The first-order valence-corrected chi connectivity index (χ1v) is 10.2. The Balaban J connectivity index is 1.56. The van der Waals surface area contributed by atoms with Crippen molar-refractivity contribution in [1.29, 1.82) is 0 Å². The Bertz CT molecular complexity index is 960. The molecule has 28 heavy (non-hydrogen) atoms. The van der Waals surface area contributed by atoms with Gasteiger partial charge < -0.3 is 19.6 Å². The normalized spacial score (nSPS) is 12.0. The molecule has 3 aromatic heterocycles. The number of carbonyl (C=O) groups excluding carboxylic acids is 2. The number of nitrogens with one attached hydrogen (secondary N) is 2. The van der Waals surface area contributed by atoms with E-state index in [-0.39, 0.29) is 24.1 Å². The Morgan fingerprint density at radius 1 is 1.36 bits per heavy atom. The van der Waals surface area contributed by atoms with Crippen molar-refractivity contribution in [2.24, 2.45) is 7.05 Å². The van der Waals surface area contributed by atoms with Crippen LogP contribution in [0.15, 0.2) is 28.0 Å². The summed E-state index contributed by atoms with van der Waals surface area (Å²) < 4.78 is 6.79. The summed E-state index contributed by atoms with van der Waals surface area (Å²) in [7, 11) is 1.79. The highest BCUT2D eigenvalue weighted by Crippen LogP contribution is 2.25. The van der Waals surface area contributed by atoms with E-state index in [4.69, 9.17) is 4.42 Å². The molecule has 0 aromatic carbocycles. The van der Waals surface area contributed by atoms with E-state index in [0.717, 1.165) is 10.6 Å². The monoisotopic (exact) mass is 420 g/mol. The van der Waals surface area contributed by atoms with E-state index in [1.807, 2.05) is 13.8 Å². The van der Waals surface area contributed by atoms with E-state index >= 15 is 0 Å². The molecule has 2 N–H and O–H groups in total. The molecule has 148 valence electrons. The molecule has 0 fully saturated rings. The van der Waals surface area contributed by atoms with E-state index < -0.39 is 5.25 Å². The van der Waals surface area contributed by atoms with Gasteiger partial charge in [-0.2, -0.15) is 0 Å². The minimum atomic E-state index is -0.391. The van der Waals surface area contributed by atoms with Gasteiger partial charge in [-0.3, -0.25) is 9.59 Å². The van der Waals surface area contributed by atoms with Crippen LogP contribution in [0.2, 0.25) is 0 Å². The lowest BCUT2D eigenvalue weighted by molar-refractivity contribution is -0.115. The van der Waals surface area contributed by atoms with Crippen molar-refractivity contribution < 1.29 is 14.0 Å². The third kappa shape index (κ3) is 4.60. The number of hydrogen-bond donors (Lipinski definition) is 2. The number of anilines is 1. The number of thioether (sulfide) groups is 1. The van der Waals surface area contributed by atoms with Crippen LogP contribution in [0, 0.1) is 13.8 Å². The number of amides is 2. The molecular formula is C17H20N6O3S2. The van der Waals surface area contributed by atoms with Crippen LogP contribution in [0.5, 0.6) is 0 Å². The molecule has 0 saturated heterocycles. The number of hydrogen-bond acceptors (Lipinski definition) is 8. The summed E-state index contributed by atoms with van der Waals surface area (Å²) in [6, 6.07) is 3.23. The molecule has 0 saturated carbocycles. The van der Waals surface area contributed by atoms with Crippen LogP contribution in [0.4, 0.5) is 5.13 Å². The number of thiazole rings is 1. The summed E-state index contributed by atoms with van der Waals surface area (Å²) in [5.41, 5.74) is 0.912. The van der Waals surface area contributed by atoms with Crippen LogP contribution >= 0.6 is 23.1 Å². The highest BCUT2D eigenvalue weighted by atomic mass is 32.2. The Labute approximate surface area is 169 Å². The zero-order chi connectivity index (χ0) is 20.3. The largest absolute Gasteiger partial charge is 0.459 e. The SMILES string of the molecule is Cc1nc(NC(=O)C(C)Sc2nnc(CNC(=O)c3ccco3)n2C)sc1C. The van der Waals surface area contributed by atoms with Gasteiger partial charge in [0.05, 0.1) is 23.8 Å². The van der Waals surface area contributed by atoms with Crippen molar-refractivity contribution in [3.8, 4) is 0 Å². The third-order valence-electron chi connectivity index (χ3n) is 3.99. The van der Waals surface area contributed by atoms with Crippen molar-refractivity contribution in [3.63, 3.8) is 0 Å². The predicted molar refractivity (Wildman–Crippen MR) is 106 cm³/mol. The molecule has 0 radical (unpaired) electrons. The topological polar surface area (TPSA) is 115 Å². The Kier molecular flexibility index (Phi) is 6.15. The quantitative estimate of drug-likeness (QED) is 0.564. The fraction of sp³-hybridized carbons (Fsp3) is 0.353. The standard InChI is InChI=1S/C17H20N6O3S2/c1-9-10(2)27-16(19-9)20-14(24)11(3)28-17-22-21-13(23(17)4)8-18-15(25)12-6-5-7-26-12/h5-7,11H,8H2,1-4H3,(H,18,25)(H,19,20,24). The average molecular weight is 421 g/mol. The number of aryl methyl sites for hydroxylation is 2. The van der Waals surface area contributed by atoms with Crippen LogP contribution in [0.25, 0.3) is 0 Å². The Morgan fingerprint density at radius 2 is 2.14 bits per heavy atom. The minimum absolute atomic E-state index is 0.158. The van der Waals surface area contributed by atoms with Crippen LogP contribution in [-0.4, -0.2) is 36.8 Å². The van der Waals surface area contributed by atoms with Crippen molar-refractivity contribution in [1.82, 2.24) is 25.1 Å². The lowest BCUT2D eigenvalue weighted by Gasteiger charge is -2.10. The van der Waals surface area contributed by atoms with E-state index in [1.165, 1.54) is 29.4 Å². The lowest BCUT2D eigenvalue weighted by atomic mass is 10.4. The molecule has 1 unspecified atom stereocenters. The molecule has 0 bridgehead atoms. The van der Waals surface area contributed by atoms with Gasteiger partial charge in [-0.15, -0.1) is 21.5 Å². The summed E-state index contributed by atoms with van der Waals surface area (Å²) in [6.45, 7) is 5.86. The first-order chi connectivity index (χ1) is 13.3. The number of nitrogens with zero attached hydrogens (tertiary/aromatic N) is 4. The maximum Gasteiger partial charge on any atom is 0.287 e. The summed E-state index contributed by atoms with van der Waals surface area (Å²) >= 11 is 2.73. The van der Waals surface area contributed by atoms with Crippen LogP contribution in [-0.2, 0) is 18.4 Å². The third-order valence-corrected chi connectivity index (χ3v) is 6.11. The molecule has 11 heteroatoms. The summed E-state index contributed by atoms with van der Waals surface area (Å²) in [4.78, 5) is 29.7. The molecule has 0 aliphatic rings. The van der Waals surface area contributed by atoms with Gasteiger partial charge >= 0.3 is 0 Å². The molecule has 0 spiro atoms. The molecule has 0 aliphatic carbocycles. The highest BCUT2D eigenvalue weighted by Gasteiger charge is 2.20. The maximum atomic E-state index is 12.4. The second-order valence-electron chi connectivity index (χ2n) is 6.03. The molecule has 3 rings (SSSR count). The molecule has 1 atom stereocenters. The zero-order valence-electron chi connectivity index (χ0n) is 15.8. The lowest BCUT2D eigenvalue weighted by Crippen LogP contribution is -2.24. The first kappa shape index (κ1) is 20.1. The van der Waals surface area contributed by atoms with Gasteiger partial charge in [0.2, 0.25) is 5.91 Å². The number of furan rings is 1. The van der Waals surface area contributed by atoms with Gasteiger partial charge in [-0.05, 0) is 32.9 Å². The van der Waals surface area contributed by atoms with Crippen molar-refractivity contribution in [2.75, 3.05) is 5.32 Å². The van der Waals surface area contributed by atoms with Gasteiger partial charge in [-0.25, -0.2) is 4.98 Å². The first-order valence-electron chi connectivity index (χ1n) is 8.46. The molecular weight excluding hydrogens is 400 g/mol. The maximum absolute atomic E-state index is 12.4. The molecule has 3 heterocycles. The number of carbonyl (C=O) groups is 2. The molecule has 2 amide bonds. The number of aromatic nitrogens is 4. The Morgan fingerprint density at radius 3 is 2.79 bits per heavy atom. The van der Waals surface area contributed by atoms with Crippen molar-refractivity contribution in [3.05, 3.63) is 40.6 Å². The Hall–Kier alpha value is -2.66. The zero-order valence-corrected chi connectivity index (χ0v) is 17.5. The van der Waals surface area contributed by atoms with E-state index in [0.29, 0.717) is 16.1 Å². The molecule has 9 nitrogen and oxygen atoms in total. The van der Waals surface area contributed by atoms with Gasteiger partial charge in [0.1, 0.15) is 0 Å². The summed E-state index contributed by atoms with van der Waals surface area (Å²) in [6.07, 6.45) is 1.44. The summed E-state index contributed by atoms with van der Waals surface area (Å²) in [5.74, 6) is 0.314. The van der Waals surface area contributed by atoms with E-state index in [1.54, 1.807) is 30.7 Å². The van der Waals surface area contributed by atoms with Crippen molar-refractivity contribution in [2.45, 2.75) is 37.7 Å². The second-order valence-corrected chi connectivity index (χ2v) is 8.54. The van der Waals surface area contributed by atoms with Gasteiger partial charge in [-0.1, -0.05) is 11.8 Å². The van der Waals surface area contributed by atoms with E-state index in [2.05, 4.69) is 25.8 Å². The van der Waals surface area contributed by atoms with Gasteiger partial charge in [0.25, 0.3) is 5.91 Å². The average Bonchev–Trinajstić information content (AvgIpc) is 3.37.